The van der Waals surface area contributed by atoms with Gasteiger partial charge in [-0.25, -0.2) is 0 Å². The second-order valence-corrected chi connectivity index (χ2v) is 37.2. The van der Waals surface area contributed by atoms with E-state index in [1.807, 2.05) is 28.7 Å². The fourth-order valence-corrected chi connectivity index (χ4v) is 23.2. The second kappa shape index (κ2) is 33.2. The first kappa shape index (κ1) is 78.1. The molecule has 132 heavy (non-hydrogen) atoms. The van der Waals surface area contributed by atoms with Crippen molar-refractivity contribution in [3.05, 3.63) is 507 Å². The summed E-state index contributed by atoms with van der Waals surface area (Å²) in [6.45, 7) is 0. The molecule has 3 aliphatic carbocycles. The third kappa shape index (κ3) is 14.2. The van der Waals surface area contributed by atoms with Crippen LogP contribution in [-0.2, 0) is 19.3 Å². The maximum atomic E-state index is 6.46. The molecule has 0 atom stereocenters. The summed E-state index contributed by atoms with van der Waals surface area (Å²) >= 11 is 3.77. The Labute approximate surface area is 776 Å². The highest BCUT2D eigenvalue weighted by Gasteiger charge is 2.30. The summed E-state index contributed by atoms with van der Waals surface area (Å²) in [6.07, 6.45) is 2.80. The van der Waals surface area contributed by atoms with E-state index >= 15 is 0 Å². The van der Waals surface area contributed by atoms with E-state index in [4.69, 9.17) is 4.42 Å². The molecule has 0 radical (unpaired) electrons. The van der Waals surface area contributed by atoms with Gasteiger partial charge in [0.2, 0.25) is 0 Å². The van der Waals surface area contributed by atoms with Crippen molar-refractivity contribution in [3.8, 4) is 167 Å². The first-order valence-corrected chi connectivity index (χ1v) is 47.3. The minimum Gasteiger partial charge on any atom is -0.455 e. The maximum Gasteiger partial charge on any atom is 0.143 e. The Morgan fingerprint density at radius 1 is 0.144 bits per heavy atom. The van der Waals surface area contributed by atoms with Crippen LogP contribution in [0.25, 0.3) is 229 Å². The Kier molecular flexibility index (Phi) is 19.6. The molecule has 3 heterocycles. The molecule has 3 heteroatoms. The lowest BCUT2D eigenvalue weighted by Gasteiger charge is -2.15. The molecule has 0 fully saturated rings. The normalized spacial score (nSPS) is 12.0. The first-order chi connectivity index (χ1) is 65.4. The highest BCUT2D eigenvalue weighted by atomic mass is 32.1. The molecule has 0 saturated heterocycles. The molecule has 3 aromatic heterocycles. The van der Waals surface area contributed by atoms with Crippen LogP contribution >= 0.6 is 22.7 Å². The van der Waals surface area contributed by atoms with Crippen LogP contribution in [0, 0.1) is 0 Å². The molecule has 0 aliphatic heterocycles. The van der Waals surface area contributed by atoms with Crippen molar-refractivity contribution in [2.75, 3.05) is 0 Å². The van der Waals surface area contributed by atoms with Crippen molar-refractivity contribution < 1.29 is 4.42 Å². The van der Waals surface area contributed by atoms with Crippen LogP contribution in [0.5, 0.6) is 0 Å². The summed E-state index contributed by atoms with van der Waals surface area (Å²) < 4.78 is 11.8. The second-order valence-electron chi connectivity index (χ2n) is 35.0. The standard InChI is InChI=1S/C43H28O.2C43H28S/c1-2-10-28(11-3-1)29-22-24-30(25-23-29)31-12-6-13-32(26-31)33-15-7-16-34-35-17-8-18-36(41(35)27-40(33)34)38-19-9-20-39-37-14-4-5-21-42(37)44-43(38)39;1-2-9-28(10-3-1)29-19-21-30(22-20-29)31-11-6-12-32(25-31)34-14-7-16-36-37-17-8-15-35(41(37)27-40(34)36)33-23-24-39-38-13-4-5-18-42(38)44-43(39)26-33;1-2-9-28(10-3-1)29-17-19-30(20-18-29)31-12-8-13-33(23-31)38-26-35(27-39-36-14-5-4-11-34(36)25-40(38)39)32-21-22-43-41(24-32)37-15-6-7-16-42(37)44-43/h2*1-26H,27H2;1-24,26-27H,25H2. The van der Waals surface area contributed by atoms with Crippen LogP contribution in [0.1, 0.15) is 33.4 Å². The van der Waals surface area contributed by atoms with Crippen molar-refractivity contribution in [2.45, 2.75) is 19.3 Å². The molecule has 1 nitrogen and oxygen atoms in total. The molecular formula is C129H84OS2. The van der Waals surface area contributed by atoms with Crippen molar-refractivity contribution in [3.63, 3.8) is 0 Å². The molecule has 3 aliphatic rings. The summed E-state index contributed by atoms with van der Waals surface area (Å²) in [4.78, 5) is 0. The Morgan fingerprint density at radius 3 is 0.970 bits per heavy atom. The third-order valence-corrected chi connectivity index (χ3v) is 29.8. The monoisotopic (exact) mass is 1710 g/mol. The third-order valence-electron chi connectivity index (χ3n) is 27.5. The number of hydrogen-bond acceptors (Lipinski definition) is 3. The van der Waals surface area contributed by atoms with Crippen LogP contribution in [0.2, 0.25) is 0 Å². The predicted molar refractivity (Wildman–Crippen MR) is 562 cm³/mol. The maximum absolute atomic E-state index is 6.46. The number of para-hydroxylation sites is 2. The molecule has 21 aromatic carbocycles. The lowest BCUT2D eigenvalue weighted by Crippen LogP contribution is -1.91. The van der Waals surface area contributed by atoms with Crippen LogP contribution < -0.4 is 0 Å². The van der Waals surface area contributed by atoms with E-state index in [2.05, 4.69) is 467 Å². The SMILES string of the molecule is c1ccc(-c2ccc(-c3cccc(-c4cc(-c5ccc6sc7ccccc7c6c5)cc5c4Cc4ccccc4-5)c3)cc2)cc1.c1ccc(-c2ccc(-c3cccc(-c4cccc5c4Cc4c(-c6ccc7c(c6)sc6ccccc67)cccc4-5)c3)cc2)cc1.c1ccc(-c2ccc(-c3cccc(-c4cccc5c4Cc4c-5cccc4-c4cccc5c4oc4ccccc45)c3)cc2)cc1. The number of thiophene rings is 2. The quantitative estimate of drug-likeness (QED) is 0.119. The molecule has 0 amide bonds. The molecule has 0 saturated carbocycles. The first-order valence-electron chi connectivity index (χ1n) is 45.7. The average Bonchev–Trinajstić information content (AvgIpc) is 1.60. The average molecular weight is 1710 g/mol. The van der Waals surface area contributed by atoms with Gasteiger partial charge in [-0.3, -0.25) is 0 Å². The van der Waals surface area contributed by atoms with Gasteiger partial charge in [-0.15, -0.1) is 22.7 Å². The molecule has 24 aromatic rings. The van der Waals surface area contributed by atoms with E-state index < -0.39 is 0 Å². The number of benzene rings is 21. The number of rotatable bonds is 12. The fourth-order valence-electron chi connectivity index (χ4n) is 21.0. The highest BCUT2D eigenvalue weighted by molar-refractivity contribution is 7.26. The molecule has 618 valence electrons. The Bertz CT molecular complexity index is 8620. The van der Waals surface area contributed by atoms with Gasteiger partial charge in [0.1, 0.15) is 11.2 Å². The van der Waals surface area contributed by atoms with Gasteiger partial charge in [0.25, 0.3) is 0 Å². The van der Waals surface area contributed by atoms with Crippen molar-refractivity contribution in [1.82, 2.24) is 0 Å². The van der Waals surface area contributed by atoms with Gasteiger partial charge in [0.05, 0.1) is 0 Å². The zero-order chi connectivity index (χ0) is 87.1. The van der Waals surface area contributed by atoms with E-state index in [0.717, 1.165) is 41.4 Å². The molecule has 27 rings (SSSR count). The van der Waals surface area contributed by atoms with Crippen molar-refractivity contribution >= 4 is 85.0 Å². The topological polar surface area (TPSA) is 13.1 Å². The minimum atomic E-state index is 0.892. The molecule has 0 unspecified atom stereocenters. The summed E-state index contributed by atoms with van der Waals surface area (Å²) in [5.74, 6) is 0. The van der Waals surface area contributed by atoms with Crippen LogP contribution in [0.4, 0.5) is 0 Å². The van der Waals surface area contributed by atoms with E-state index in [0.29, 0.717) is 0 Å². The highest BCUT2D eigenvalue weighted by Crippen LogP contribution is 2.52. The fraction of sp³-hybridized carbons (Fsp3) is 0.0233. The molecule has 0 spiro atoms. The Hall–Kier alpha value is -16.1. The van der Waals surface area contributed by atoms with Gasteiger partial charge in [0.15, 0.2) is 0 Å². The smallest absolute Gasteiger partial charge is 0.143 e. The van der Waals surface area contributed by atoms with E-state index in [9.17, 15) is 0 Å². The van der Waals surface area contributed by atoms with Crippen LogP contribution in [0.3, 0.4) is 0 Å². The summed E-state index contributed by atoms with van der Waals surface area (Å²) in [6, 6.07) is 173. The summed E-state index contributed by atoms with van der Waals surface area (Å²) in [7, 11) is 0. The molecular weight excluding hydrogens is 1630 g/mol. The van der Waals surface area contributed by atoms with E-state index in [1.54, 1.807) is 0 Å². The van der Waals surface area contributed by atoms with Gasteiger partial charge in [-0.2, -0.15) is 0 Å². The van der Waals surface area contributed by atoms with Crippen LogP contribution in [0.15, 0.2) is 478 Å². The number of fused-ring (bicyclic) bond motifs is 18. The zero-order valence-electron chi connectivity index (χ0n) is 72.4. The van der Waals surface area contributed by atoms with Gasteiger partial charge >= 0.3 is 0 Å². The molecule has 0 bridgehead atoms. The van der Waals surface area contributed by atoms with Gasteiger partial charge in [0, 0.05) is 56.7 Å². The van der Waals surface area contributed by atoms with Gasteiger partial charge < -0.3 is 4.42 Å². The lowest BCUT2D eigenvalue weighted by atomic mass is 9.89. The lowest BCUT2D eigenvalue weighted by molar-refractivity contribution is 0.670. The zero-order valence-corrected chi connectivity index (χ0v) is 74.0. The molecule has 0 N–H and O–H groups in total. The number of furan rings is 1. The van der Waals surface area contributed by atoms with Crippen molar-refractivity contribution in [1.29, 1.82) is 0 Å². The minimum absolute atomic E-state index is 0.892. The Balaban J connectivity index is 0.000000106. The number of hydrogen-bond donors (Lipinski definition) is 0. The largest absolute Gasteiger partial charge is 0.455 e. The van der Waals surface area contributed by atoms with Crippen molar-refractivity contribution in [2.24, 2.45) is 0 Å². The Morgan fingerprint density at radius 2 is 0.447 bits per heavy atom. The van der Waals surface area contributed by atoms with Gasteiger partial charge in [-0.1, -0.05) is 406 Å². The van der Waals surface area contributed by atoms with Gasteiger partial charge in [-0.05, 0) is 281 Å². The predicted octanol–water partition coefficient (Wildman–Crippen LogP) is 36.4. The van der Waals surface area contributed by atoms with E-state index in [-0.39, 0.29) is 0 Å². The van der Waals surface area contributed by atoms with Crippen LogP contribution in [-0.4, -0.2) is 0 Å². The summed E-state index contributed by atoms with van der Waals surface area (Å²) in [5, 5.41) is 7.71. The summed E-state index contributed by atoms with van der Waals surface area (Å²) in [5.41, 5.74) is 48.6. The van der Waals surface area contributed by atoms with E-state index in [1.165, 1.54) is 240 Å².